The number of fused-ring (bicyclic) bond motifs is 1. The van der Waals surface area contributed by atoms with Crippen LogP contribution in [0, 0.1) is 19.8 Å². The molecular formula is C20H23F2N3O2. The fraction of sp³-hybridized carbons (Fsp3) is 0.500. The standard InChI is InChI=1S/C20H23F2N3O2/c1-11-17(12(2)27-25-11)14-8-15-16(10-24-19(15)23-9-14)18(26-3)13-4-6-20(21,22)7-5-13/h8-10,13,18H,4-7H2,1-3H3,(H,23,24). The van der Waals surface area contributed by atoms with Gasteiger partial charge in [0.2, 0.25) is 5.92 Å². The normalized spacial score (nSPS) is 18.9. The summed E-state index contributed by atoms with van der Waals surface area (Å²) >= 11 is 0. The Labute approximate surface area is 156 Å². The fourth-order valence-corrected chi connectivity index (χ4v) is 4.23. The van der Waals surface area contributed by atoms with Gasteiger partial charge in [-0.3, -0.25) is 0 Å². The van der Waals surface area contributed by atoms with Crippen molar-refractivity contribution in [2.24, 2.45) is 5.92 Å². The highest BCUT2D eigenvalue weighted by molar-refractivity contribution is 5.85. The van der Waals surface area contributed by atoms with Gasteiger partial charge in [0.05, 0.1) is 11.8 Å². The van der Waals surface area contributed by atoms with E-state index in [0.717, 1.165) is 39.2 Å². The van der Waals surface area contributed by atoms with Gasteiger partial charge in [-0.05, 0) is 38.7 Å². The van der Waals surface area contributed by atoms with Crippen LogP contribution in [0.25, 0.3) is 22.2 Å². The van der Waals surface area contributed by atoms with E-state index in [4.69, 9.17) is 9.26 Å². The van der Waals surface area contributed by atoms with E-state index >= 15 is 0 Å². The van der Waals surface area contributed by atoms with Gasteiger partial charge in [0.25, 0.3) is 0 Å². The number of pyridine rings is 1. The highest BCUT2D eigenvalue weighted by atomic mass is 19.3. The van der Waals surface area contributed by atoms with E-state index in [2.05, 4.69) is 15.1 Å². The number of halogens is 2. The highest BCUT2D eigenvalue weighted by Crippen LogP contribution is 2.44. The zero-order chi connectivity index (χ0) is 19.2. The van der Waals surface area contributed by atoms with Crippen LogP contribution in [0.5, 0.6) is 0 Å². The molecule has 3 heterocycles. The first-order chi connectivity index (χ1) is 12.9. The van der Waals surface area contributed by atoms with E-state index in [0.29, 0.717) is 12.8 Å². The van der Waals surface area contributed by atoms with E-state index in [1.807, 2.05) is 26.1 Å². The summed E-state index contributed by atoms with van der Waals surface area (Å²) in [6.07, 6.45) is 4.18. The average Bonchev–Trinajstić information content (AvgIpc) is 3.20. The Morgan fingerprint density at radius 3 is 2.67 bits per heavy atom. The van der Waals surface area contributed by atoms with Crippen LogP contribution >= 0.6 is 0 Å². The Bertz CT molecular complexity index is 934. The number of aromatic amines is 1. The van der Waals surface area contributed by atoms with Gasteiger partial charge in [-0.2, -0.15) is 0 Å². The summed E-state index contributed by atoms with van der Waals surface area (Å²) in [5, 5.41) is 4.96. The number of aryl methyl sites for hydroxylation is 2. The van der Waals surface area contributed by atoms with E-state index in [1.165, 1.54) is 0 Å². The SMILES string of the molecule is COC(c1c[nH]c2ncc(-c3c(C)noc3C)cc12)C1CCC(F)(F)CC1. The minimum atomic E-state index is -2.55. The molecule has 0 spiro atoms. The van der Waals surface area contributed by atoms with Crippen LogP contribution in [0.15, 0.2) is 23.0 Å². The molecule has 0 saturated heterocycles. The largest absolute Gasteiger partial charge is 0.376 e. The zero-order valence-corrected chi connectivity index (χ0v) is 15.7. The van der Waals surface area contributed by atoms with Crippen LogP contribution in [0.2, 0.25) is 0 Å². The first-order valence-corrected chi connectivity index (χ1v) is 9.20. The van der Waals surface area contributed by atoms with Crippen molar-refractivity contribution in [1.82, 2.24) is 15.1 Å². The molecule has 0 aliphatic heterocycles. The predicted octanol–water partition coefficient (Wildman–Crippen LogP) is 5.35. The van der Waals surface area contributed by atoms with Gasteiger partial charge in [-0.25, -0.2) is 13.8 Å². The summed E-state index contributed by atoms with van der Waals surface area (Å²) in [7, 11) is 1.64. The molecule has 144 valence electrons. The Morgan fingerprint density at radius 1 is 1.30 bits per heavy atom. The number of hydrogen-bond donors (Lipinski definition) is 1. The zero-order valence-electron chi connectivity index (χ0n) is 15.7. The van der Waals surface area contributed by atoms with Crippen LogP contribution in [0.4, 0.5) is 8.78 Å². The van der Waals surface area contributed by atoms with E-state index in [-0.39, 0.29) is 24.9 Å². The van der Waals surface area contributed by atoms with Crippen LogP contribution in [-0.2, 0) is 4.74 Å². The second-order valence-electron chi connectivity index (χ2n) is 7.41. The average molecular weight is 375 g/mol. The molecule has 0 radical (unpaired) electrons. The smallest absolute Gasteiger partial charge is 0.248 e. The van der Waals surface area contributed by atoms with Crippen molar-refractivity contribution in [3.8, 4) is 11.1 Å². The number of methoxy groups -OCH3 is 1. The van der Waals surface area contributed by atoms with Gasteiger partial charge in [-0.1, -0.05) is 5.16 Å². The molecule has 1 unspecified atom stereocenters. The number of ether oxygens (including phenoxy) is 1. The van der Waals surface area contributed by atoms with E-state index < -0.39 is 5.92 Å². The maximum absolute atomic E-state index is 13.6. The van der Waals surface area contributed by atoms with E-state index in [1.54, 1.807) is 13.3 Å². The molecule has 27 heavy (non-hydrogen) atoms. The number of nitrogens with zero attached hydrogens (tertiary/aromatic N) is 2. The van der Waals surface area contributed by atoms with Crippen molar-refractivity contribution < 1.29 is 18.0 Å². The summed E-state index contributed by atoms with van der Waals surface area (Å²) in [5.41, 5.74) is 4.38. The molecule has 1 N–H and O–H groups in total. The number of hydrogen-bond acceptors (Lipinski definition) is 4. The molecule has 3 aromatic rings. The van der Waals surface area contributed by atoms with Crippen LogP contribution in [0.3, 0.4) is 0 Å². The second-order valence-corrected chi connectivity index (χ2v) is 7.41. The molecule has 1 atom stereocenters. The minimum absolute atomic E-state index is 0.0661. The maximum atomic E-state index is 13.6. The Morgan fingerprint density at radius 2 is 2.04 bits per heavy atom. The monoisotopic (exact) mass is 375 g/mol. The minimum Gasteiger partial charge on any atom is -0.376 e. The first-order valence-electron chi connectivity index (χ1n) is 9.20. The lowest BCUT2D eigenvalue weighted by molar-refractivity contribution is -0.0687. The topological polar surface area (TPSA) is 63.9 Å². The molecule has 7 heteroatoms. The second kappa shape index (κ2) is 6.71. The van der Waals surface area contributed by atoms with Crippen LogP contribution in [-0.4, -0.2) is 28.2 Å². The van der Waals surface area contributed by atoms with Crippen molar-refractivity contribution in [3.05, 3.63) is 35.5 Å². The van der Waals surface area contributed by atoms with Crippen molar-refractivity contribution in [3.63, 3.8) is 0 Å². The lowest BCUT2D eigenvalue weighted by atomic mass is 9.81. The first kappa shape index (κ1) is 18.1. The number of nitrogens with one attached hydrogen (secondary N) is 1. The van der Waals surface area contributed by atoms with Crippen molar-refractivity contribution >= 4 is 11.0 Å². The fourth-order valence-electron chi connectivity index (χ4n) is 4.23. The number of aromatic nitrogens is 3. The highest BCUT2D eigenvalue weighted by Gasteiger charge is 2.38. The van der Waals surface area contributed by atoms with Crippen molar-refractivity contribution in [2.75, 3.05) is 7.11 Å². The Balaban J connectivity index is 1.72. The molecular weight excluding hydrogens is 352 g/mol. The summed E-state index contributed by atoms with van der Waals surface area (Å²) in [5.74, 6) is -1.74. The predicted molar refractivity (Wildman–Crippen MR) is 97.7 cm³/mol. The summed E-state index contributed by atoms with van der Waals surface area (Å²) in [6, 6.07) is 2.05. The summed E-state index contributed by atoms with van der Waals surface area (Å²) in [6.45, 7) is 3.77. The lowest BCUT2D eigenvalue weighted by Crippen LogP contribution is -2.28. The molecule has 0 amide bonds. The molecule has 4 rings (SSSR count). The van der Waals surface area contributed by atoms with Gasteiger partial charge in [-0.15, -0.1) is 0 Å². The molecule has 1 fully saturated rings. The number of rotatable bonds is 4. The third kappa shape index (κ3) is 3.25. The Kier molecular flexibility index (Phi) is 4.50. The van der Waals surface area contributed by atoms with Crippen LogP contribution in [0.1, 0.15) is 48.8 Å². The molecule has 1 saturated carbocycles. The van der Waals surface area contributed by atoms with Gasteiger partial charge in [0, 0.05) is 54.4 Å². The maximum Gasteiger partial charge on any atom is 0.248 e. The molecule has 3 aromatic heterocycles. The molecule has 5 nitrogen and oxygen atoms in total. The quantitative estimate of drug-likeness (QED) is 0.668. The van der Waals surface area contributed by atoms with Crippen LogP contribution < -0.4 is 0 Å². The molecule has 1 aliphatic carbocycles. The molecule has 0 bridgehead atoms. The third-order valence-corrected chi connectivity index (χ3v) is 5.64. The summed E-state index contributed by atoms with van der Waals surface area (Å²) < 4.78 is 38.1. The molecule has 1 aliphatic rings. The van der Waals surface area contributed by atoms with Crippen molar-refractivity contribution in [1.29, 1.82) is 0 Å². The Hall–Kier alpha value is -2.28. The number of alkyl halides is 2. The third-order valence-electron chi connectivity index (χ3n) is 5.64. The van der Waals surface area contributed by atoms with Crippen molar-refractivity contribution in [2.45, 2.75) is 51.6 Å². The molecule has 0 aromatic carbocycles. The van der Waals surface area contributed by atoms with Gasteiger partial charge < -0.3 is 14.2 Å². The van der Waals surface area contributed by atoms with E-state index in [9.17, 15) is 8.78 Å². The van der Waals surface area contributed by atoms with Gasteiger partial charge in [0.1, 0.15) is 11.4 Å². The summed E-state index contributed by atoms with van der Waals surface area (Å²) in [4.78, 5) is 7.71. The number of H-pyrrole nitrogens is 1. The van der Waals surface area contributed by atoms with Gasteiger partial charge >= 0.3 is 0 Å². The lowest BCUT2D eigenvalue weighted by Gasteiger charge is -2.33. The van der Waals surface area contributed by atoms with Gasteiger partial charge in [0.15, 0.2) is 0 Å².